The fourth-order valence-electron chi connectivity index (χ4n) is 1.72. The molecule has 0 saturated heterocycles. The summed E-state index contributed by atoms with van der Waals surface area (Å²) in [7, 11) is 0. The van der Waals surface area contributed by atoms with Crippen LogP contribution in [0.2, 0.25) is 0 Å². The first-order valence-electron chi connectivity index (χ1n) is 6.48. The van der Waals surface area contributed by atoms with Crippen LogP contribution in [0.25, 0.3) is 0 Å². The van der Waals surface area contributed by atoms with Gasteiger partial charge in [-0.05, 0) is 24.1 Å². The van der Waals surface area contributed by atoms with Gasteiger partial charge in [0.1, 0.15) is 6.04 Å². The molecule has 0 saturated carbocycles. The van der Waals surface area contributed by atoms with Gasteiger partial charge in [-0.25, -0.2) is 14.4 Å². The molecule has 1 aromatic rings. The molecule has 0 unspecified atom stereocenters. The second-order valence-electron chi connectivity index (χ2n) is 4.69. The third-order valence-electron chi connectivity index (χ3n) is 3.13. The van der Waals surface area contributed by atoms with Crippen LogP contribution in [0.3, 0.4) is 0 Å². The number of nitrogens with one attached hydrogen (secondary N) is 2. The van der Waals surface area contributed by atoms with Crippen LogP contribution in [0.1, 0.15) is 30.6 Å². The van der Waals surface area contributed by atoms with Gasteiger partial charge >= 0.3 is 18.0 Å². The van der Waals surface area contributed by atoms with Gasteiger partial charge in [-0.3, -0.25) is 0 Å². The first-order chi connectivity index (χ1) is 9.85. The Morgan fingerprint density at radius 3 is 2.43 bits per heavy atom. The van der Waals surface area contributed by atoms with Crippen molar-refractivity contribution >= 4 is 23.7 Å². The lowest BCUT2D eigenvalue weighted by atomic mass is 9.99. The van der Waals surface area contributed by atoms with E-state index in [0.717, 1.165) is 0 Å². The van der Waals surface area contributed by atoms with Crippen LogP contribution in [0.4, 0.5) is 10.5 Å². The molecular formula is C14H18N2O5. The number of anilines is 1. The number of hydrogen-bond donors (Lipinski definition) is 4. The van der Waals surface area contributed by atoms with Gasteiger partial charge in [0.05, 0.1) is 5.56 Å². The highest BCUT2D eigenvalue weighted by Crippen LogP contribution is 2.12. The van der Waals surface area contributed by atoms with Gasteiger partial charge < -0.3 is 20.8 Å². The number of carbonyl (C=O) groups is 3. The number of amides is 2. The number of aromatic carboxylic acids is 1. The van der Waals surface area contributed by atoms with E-state index in [9.17, 15) is 14.4 Å². The van der Waals surface area contributed by atoms with Crippen molar-refractivity contribution in [3.8, 4) is 0 Å². The fraction of sp³-hybridized carbons (Fsp3) is 0.357. The molecule has 2 atom stereocenters. The Morgan fingerprint density at radius 2 is 1.90 bits per heavy atom. The Hall–Kier alpha value is -2.57. The number of carboxylic acid groups (broad SMARTS) is 2. The standard InChI is InChI=1S/C14H18N2O5/c1-3-8(2)11(13(19)20)16-14(21)15-10-6-4-5-9(7-10)12(17)18/h4-8,11H,3H2,1-2H3,(H,17,18)(H,19,20)(H2,15,16,21)/t8-,11+/m1/s1. The molecule has 0 aromatic heterocycles. The Labute approximate surface area is 122 Å². The molecule has 7 nitrogen and oxygen atoms in total. The fourth-order valence-corrected chi connectivity index (χ4v) is 1.72. The molecule has 2 amide bonds. The summed E-state index contributed by atoms with van der Waals surface area (Å²) in [6.45, 7) is 3.56. The average Bonchev–Trinajstić information content (AvgIpc) is 2.43. The van der Waals surface area contributed by atoms with Crippen LogP contribution in [0, 0.1) is 5.92 Å². The summed E-state index contributed by atoms with van der Waals surface area (Å²) in [5, 5.41) is 22.7. The molecule has 0 heterocycles. The van der Waals surface area contributed by atoms with Crippen molar-refractivity contribution in [1.29, 1.82) is 0 Å². The SMILES string of the molecule is CC[C@@H](C)[C@H](NC(=O)Nc1cccc(C(=O)O)c1)C(=O)O. The summed E-state index contributed by atoms with van der Waals surface area (Å²) < 4.78 is 0. The van der Waals surface area contributed by atoms with Crippen molar-refractivity contribution < 1.29 is 24.6 Å². The minimum atomic E-state index is -1.11. The van der Waals surface area contributed by atoms with Crippen LogP contribution >= 0.6 is 0 Å². The van der Waals surface area contributed by atoms with Gasteiger partial charge in [-0.2, -0.15) is 0 Å². The predicted molar refractivity (Wildman–Crippen MR) is 76.4 cm³/mol. The molecule has 7 heteroatoms. The van der Waals surface area contributed by atoms with Crippen LogP contribution in [0.5, 0.6) is 0 Å². The first kappa shape index (κ1) is 16.5. The predicted octanol–water partition coefficient (Wildman–Crippen LogP) is 2.01. The van der Waals surface area contributed by atoms with Crippen molar-refractivity contribution in [3.05, 3.63) is 29.8 Å². The highest BCUT2D eigenvalue weighted by atomic mass is 16.4. The largest absolute Gasteiger partial charge is 0.480 e. The van der Waals surface area contributed by atoms with E-state index < -0.39 is 24.0 Å². The lowest BCUT2D eigenvalue weighted by Gasteiger charge is -2.20. The zero-order chi connectivity index (χ0) is 16.0. The lowest BCUT2D eigenvalue weighted by Crippen LogP contribution is -2.46. The highest BCUT2D eigenvalue weighted by Gasteiger charge is 2.25. The summed E-state index contributed by atoms with van der Waals surface area (Å²) in [5.74, 6) is -2.44. The van der Waals surface area contributed by atoms with Gasteiger partial charge in [0.25, 0.3) is 0 Å². The second kappa shape index (κ2) is 7.28. The Kier molecular flexibility index (Phi) is 5.71. The van der Waals surface area contributed by atoms with E-state index in [1.54, 1.807) is 6.92 Å². The van der Waals surface area contributed by atoms with E-state index in [-0.39, 0.29) is 17.2 Å². The maximum Gasteiger partial charge on any atom is 0.335 e. The number of urea groups is 1. The van der Waals surface area contributed by atoms with E-state index in [1.807, 2.05) is 6.92 Å². The van der Waals surface area contributed by atoms with Gasteiger partial charge in [-0.1, -0.05) is 26.3 Å². The first-order valence-corrected chi connectivity index (χ1v) is 6.48. The van der Waals surface area contributed by atoms with E-state index >= 15 is 0 Å². The summed E-state index contributed by atoms with van der Waals surface area (Å²) in [5.41, 5.74) is 0.310. The topological polar surface area (TPSA) is 116 Å². The number of carboxylic acids is 2. The molecule has 1 rings (SSSR count). The van der Waals surface area contributed by atoms with Gasteiger partial charge in [0.15, 0.2) is 0 Å². The molecule has 0 aliphatic heterocycles. The maximum absolute atomic E-state index is 11.8. The van der Waals surface area contributed by atoms with Crippen molar-refractivity contribution in [2.45, 2.75) is 26.3 Å². The Morgan fingerprint density at radius 1 is 1.24 bits per heavy atom. The number of carbonyl (C=O) groups excluding carboxylic acids is 1. The van der Waals surface area contributed by atoms with Crippen molar-refractivity contribution in [3.63, 3.8) is 0 Å². The number of aliphatic carboxylic acids is 1. The van der Waals surface area contributed by atoms with Crippen LogP contribution in [0.15, 0.2) is 24.3 Å². The second-order valence-corrected chi connectivity index (χ2v) is 4.69. The number of hydrogen-bond acceptors (Lipinski definition) is 3. The average molecular weight is 294 g/mol. The molecular weight excluding hydrogens is 276 g/mol. The molecule has 0 fully saturated rings. The molecule has 0 bridgehead atoms. The van der Waals surface area contributed by atoms with Crippen molar-refractivity contribution in [1.82, 2.24) is 5.32 Å². The molecule has 0 radical (unpaired) electrons. The normalized spacial score (nSPS) is 13.0. The van der Waals surface area contributed by atoms with E-state index in [0.29, 0.717) is 6.42 Å². The van der Waals surface area contributed by atoms with Gasteiger partial charge in [-0.15, -0.1) is 0 Å². The molecule has 21 heavy (non-hydrogen) atoms. The van der Waals surface area contributed by atoms with E-state index in [2.05, 4.69) is 10.6 Å². The molecule has 1 aromatic carbocycles. The smallest absolute Gasteiger partial charge is 0.335 e. The third kappa shape index (κ3) is 4.79. The minimum Gasteiger partial charge on any atom is -0.480 e. The van der Waals surface area contributed by atoms with Crippen molar-refractivity contribution in [2.75, 3.05) is 5.32 Å². The zero-order valence-electron chi connectivity index (χ0n) is 11.8. The molecule has 0 aliphatic carbocycles. The zero-order valence-corrected chi connectivity index (χ0v) is 11.8. The maximum atomic E-state index is 11.8. The highest BCUT2D eigenvalue weighted by molar-refractivity contribution is 5.94. The van der Waals surface area contributed by atoms with Crippen LogP contribution < -0.4 is 10.6 Å². The van der Waals surface area contributed by atoms with E-state index in [4.69, 9.17) is 10.2 Å². The summed E-state index contributed by atoms with van der Waals surface area (Å²) in [4.78, 5) is 33.7. The van der Waals surface area contributed by atoms with E-state index in [1.165, 1.54) is 24.3 Å². The lowest BCUT2D eigenvalue weighted by molar-refractivity contribution is -0.140. The summed E-state index contributed by atoms with van der Waals surface area (Å²) in [6.07, 6.45) is 0.603. The molecule has 0 aliphatic rings. The monoisotopic (exact) mass is 294 g/mol. The number of benzene rings is 1. The molecule has 4 N–H and O–H groups in total. The van der Waals surface area contributed by atoms with Crippen LogP contribution in [-0.2, 0) is 4.79 Å². The minimum absolute atomic E-state index is 0.0320. The summed E-state index contributed by atoms with van der Waals surface area (Å²) in [6, 6.07) is 4.00. The quantitative estimate of drug-likeness (QED) is 0.640. The molecule has 0 spiro atoms. The summed E-state index contributed by atoms with van der Waals surface area (Å²) >= 11 is 0. The third-order valence-corrected chi connectivity index (χ3v) is 3.13. The number of rotatable bonds is 6. The van der Waals surface area contributed by atoms with Gasteiger partial charge in [0, 0.05) is 5.69 Å². The molecule has 114 valence electrons. The Bertz CT molecular complexity index is 544. The van der Waals surface area contributed by atoms with Crippen molar-refractivity contribution in [2.24, 2.45) is 5.92 Å². The van der Waals surface area contributed by atoms with Crippen LogP contribution in [-0.4, -0.2) is 34.2 Å². The Balaban J connectivity index is 2.74. The van der Waals surface area contributed by atoms with Gasteiger partial charge in [0.2, 0.25) is 0 Å².